The number of nitrogens with one attached hydrogen (secondary N) is 2. The van der Waals surface area contributed by atoms with Gasteiger partial charge in [-0.2, -0.15) is 0 Å². The predicted octanol–water partition coefficient (Wildman–Crippen LogP) is -0.121. The van der Waals surface area contributed by atoms with Gasteiger partial charge in [-0.25, -0.2) is 4.79 Å². The molecule has 0 aliphatic rings. The third kappa shape index (κ3) is 5.05. The molecule has 1 rings (SSSR count). The maximum absolute atomic E-state index is 11.6. The second-order valence-electron chi connectivity index (χ2n) is 4.00. The second-order valence-corrected chi connectivity index (χ2v) is 4.00. The molecule has 7 nitrogen and oxygen atoms in total. The Hall–Kier alpha value is -2.44. The maximum atomic E-state index is 11.6. The largest absolute Gasteiger partial charge is 0.452 e. The number of nitrogens with zero attached hydrogens (tertiary/aromatic N) is 1. The second kappa shape index (κ2) is 7.88. The van der Waals surface area contributed by atoms with E-state index >= 15 is 0 Å². The fourth-order valence-corrected chi connectivity index (χ4v) is 1.38. The normalized spacial score (nSPS) is 11.3. The lowest BCUT2D eigenvalue weighted by molar-refractivity contribution is -0.130. The van der Waals surface area contributed by atoms with Gasteiger partial charge in [0.15, 0.2) is 6.61 Å². The van der Waals surface area contributed by atoms with Crippen LogP contribution in [-0.4, -0.2) is 42.0 Å². The minimum absolute atomic E-state index is 0.290. The number of hydrogen-bond acceptors (Lipinski definition) is 5. The topological polar surface area (TPSA) is 97.4 Å². The Kier molecular flexibility index (Phi) is 6.15. The molecule has 0 unspecified atom stereocenters. The molecule has 1 aromatic heterocycles. The molecule has 2 amide bonds. The van der Waals surface area contributed by atoms with E-state index in [1.807, 2.05) is 0 Å². The first-order valence-corrected chi connectivity index (χ1v) is 6.18. The third-order valence-corrected chi connectivity index (χ3v) is 2.37. The van der Waals surface area contributed by atoms with E-state index in [2.05, 4.69) is 15.6 Å². The van der Waals surface area contributed by atoms with E-state index in [-0.39, 0.29) is 5.91 Å². The van der Waals surface area contributed by atoms with E-state index < -0.39 is 24.5 Å². The molecule has 1 heterocycles. The van der Waals surface area contributed by atoms with Gasteiger partial charge in [0.25, 0.3) is 5.91 Å². The smallest absolute Gasteiger partial charge is 0.338 e. The molecular formula is C13H17N3O4. The van der Waals surface area contributed by atoms with Crippen molar-refractivity contribution < 1.29 is 19.1 Å². The average Bonchev–Trinajstić information content (AvgIpc) is 2.45. The van der Waals surface area contributed by atoms with Crippen molar-refractivity contribution >= 4 is 17.8 Å². The molecule has 20 heavy (non-hydrogen) atoms. The number of rotatable bonds is 6. The van der Waals surface area contributed by atoms with Gasteiger partial charge >= 0.3 is 5.97 Å². The van der Waals surface area contributed by atoms with Crippen molar-refractivity contribution in [1.29, 1.82) is 0 Å². The molecule has 0 spiro atoms. The van der Waals surface area contributed by atoms with Crippen molar-refractivity contribution in [2.75, 3.05) is 13.2 Å². The van der Waals surface area contributed by atoms with Crippen molar-refractivity contribution in [3.63, 3.8) is 0 Å². The standard InChI is InChI=1S/C13H17N3O4/c1-3-15-12(18)9(2)16-11(17)8-20-13(19)10-4-6-14-7-5-10/h4-7,9H,3,8H2,1-2H3,(H,15,18)(H,16,17)/t9-/m0/s1. The van der Waals surface area contributed by atoms with Crippen molar-refractivity contribution in [3.8, 4) is 0 Å². The molecular weight excluding hydrogens is 262 g/mol. The zero-order valence-corrected chi connectivity index (χ0v) is 11.4. The SMILES string of the molecule is CCNC(=O)[C@H](C)NC(=O)COC(=O)c1ccncc1. The molecule has 0 aliphatic carbocycles. The highest BCUT2D eigenvalue weighted by molar-refractivity contribution is 5.92. The molecule has 0 bridgehead atoms. The number of amides is 2. The summed E-state index contributed by atoms with van der Waals surface area (Å²) in [7, 11) is 0. The summed E-state index contributed by atoms with van der Waals surface area (Å²) in [6.45, 7) is 3.37. The molecule has 0 aromatic carbocycles. The molecule has 7 heteroatoms. The lowest BCUT2D eigenvalue weighted by atomic mass is 10.3. The molecule has 1 aromatic rings. The molecule has 0 radical (unpaired) electrons. The van der Waals surface area contributed by atoms with Crippen LogP contribution in [0.25, 0.3) is 0 Å². The van der Waals surface area contributed by atoms with E-state index in [4.69, 9.17) is 4.74 Å². The summed E-state index contributed by atoms with van der Waals surface area (Å²) >= 11 is 0. The molecule has 108 valence electrons. The molecule has 0 saturated heterocycles. The zero-order valence-electron chi connectivity index (χ0n) is 11.4. The first kappa shape index (κ1) is 15.6. The van der Waals surface area contributed by atoms with E-state index in [1.54, 1.807) is 13.8 Å². The Labute approximate surface area is 116 Å². The molecule has 0 saturated carbocycles. The number of ether oxygens (including phenoxy) is 1. The summed E-state index contributed by atoms with van der Waals surface area (Å²) in [5, 5.41) is 5.00. The van der Waals surface area contributed by atoms with Gasteiger partial charge in [0.1, 0.15) is 6.04 Å². The van der Waals surface area contributed by atoms with Crippen molar-refractivity contribution in [3.05, 3.63) is 30.1 Å². The van der Waals surface area contributed by atoms with Crippen molar-refractivity contribution in [2.24, 2.45) is 0 Å². The first-order chi connectivity index (χ1) is 9.54. The van der Waals surface area contributed by atoms with E-state index in [1.165, 1.54) is 24.5 Å². The summed E-state index contributed by atoms with van der Waals surface area (Å²) < 4.78 is 4.82. The third-order valence-electron chi connectivity index (χ3n) is 2.37. The first-order valence-electron chi connectivity index (χ1n) is 6.18. The van der Waals surface area contributed by atoms with E-state index in [0.29, 0.717) is 12.1 Å². The van der Waals surface area contributed by atoms with E-state index in [9.17, 15) is 14.4 Å². The number of aromatic nitrogens is 1. The summed E-state index contributed by atoms with van der Waals surface area (Å²) in [5.74, 6) is -1.44. The summed E-state index contributed by atoms with van der Waals surface area (Å²) in [6.07, 6.45) is 2.90. The number of carbonyl (C=O) groups is 3. The quantitative estimate of drug-likeness (QED) is 0.707. The number of carbonyl (C=O) groups excluding carboxylic acids is 3. The number of pyridine rings is 1. The predicted molar refractivity (Wildman–Crippen MR) is 70.8 cm³/mol. The van der Waals surface area contributed by atoms with Gasteiger partial charge in [0.2, 0.25) is 5.91 Å². The van der Waals surface area contributed by atoms with Crippen LogP contribution in [0.5, 0.6) is 0 Å². The van der Waals surface area contributed by atoms with Crippen LogP contribution in [0.4, 0.5) is 0 Å². The van der Waals surface area contributed by atoms with Crippen LogP contribution in [0.15, 0.2) is 24.5 Å². The molecule has 0 fully saturated rings. The Morgan fingerprint density at radius 1 is 1.30 bits per heavy atom. The highest BCUT2D eigenvalue weighted by Gasteiger charge is 2.16. The van der Waals surface area contributed by atoms with Gasteiger partial charge in [-0.05, 0) is 26.0 Å². The van der Waals surface area contributed by atoms with Gasteiger partial charge in [-0.3, -0.25) is 14.6 Å². The Morgan fingerprint density at radius 2 is 1.95 bits per heavy atom. The van der Waals surface area contributed by atoms with Crippen molar-refractivity contribution in [2.45, 2.75) is 19.9 Å². The number of hydrogen-bond donors (Lipinski definition) is 2. The summed E-state index contributed by atoms with van der Waals surface area (Å²) in [4.78, 5) is 38.2. The van der Waals surface area contributed by atoms with Gasteiger partial charge in [-0.1, -0.05) is 0 Å². The highest BCUT2D eigenvalue weighted by Crippen LogP contribution is 1.98. The van der Waals surface area contributed by atoms with Crippen molar-refractivity contribution in [1.82, 2.24) is 15.6 Å². The van der Waals surface area contributed by atoms with E-state index in [0.717, 1.165) is 0 Å². The van der Waals surface area contributed by atoms with Gasteiger partial charge in [0.05, 0.1) is 5.56 Å². The van der Waals surface area contributed by atoms with Crippen LogP contribution in [-0.2, 0) is 14.3 Å². The minimum Gasteiger partial charge on any atom is -0.452 e. The Morgan fingerprint density at radius 3 is 2.55 bits per heavy atom. The fourth-order valence-electron chi connectivity index (χ4n) is 1.38. The maximum Gasteiger partial charge on any atom is 0.338 e. The minimum atomic E-state index is -0.679. The van der Waals surface area contributed by atoms with Crippen LogP contribution in [0.3, 0.4) is 0 Å². The lowest BCUT2D eigenvalue weighted by Gasteiger charge is -2.13. The monoisotopic (exact) mass is 279 g/mol. The van der Waals surface area contributed by atoms with Crippen LogP contribution in [0.1, 0.15) is 24.2 Å². The van der Waals surface area contributed by atoms with Crippen LogP contribution in [0, 0.1) is 0 Å². The van der Waals surface area contributed by atoms with Gasteiger partial charge in [-0.15, -0.1) is 0 Å². The van der Waals surface area contributed by atoms with Gasteiger partial charge < -0.3 is 15.4 Å². The van der Waals surface area contributed by atoms with Crippen LogP contribution < -0.4 is 10.6 Å². The van der Waals surface area contributed by atoms with Crippen LogP contribution >= 0.6 is 0 Å². The van der Waals surface area contributed by atoms with Crippen LogP contribution in [0.2, 0.25) is 0 Å². The number of esters is 1. The lowest BCUT2D eigenvalue weighted by Crippen LogP contribution is -2.46. The van der Waals surface area contributed by atoms with Gasteiger partial charge in [0, 0.05) is 18.9 Å². The Balaban J connectivity index is 2.37. The highest BCUT2D eigenvalue weighted by atomic mass is 16.5. The fraction of sp³-hybridized carbons (Fsp3) is 0.385. The number of likely N-dealkylation sites (N-methyl/N-ethyl adjacent to an activating group) is 1. The summed E-state index contributed by atoms with van der Waals surface area (Å²) in [5.41, 5.74) is 0.310. The summed E-state index contributed by atoms with van der Waals surface area (Å²) in [6, 6.07) is 2.29. The molecule has 1 atom stereocenters. The molecule has 0 aliphatic heterocycles. The average molecular weight is 279 g/mol. The zero-order chi connectivity index (χ0) is 15.0. The Bertz CT molecular complexity index is 476. The molecule has 2 N–H and O–H groups in total.